The molecule has 2 aromatic heterocycles. The lowest BCUT2D eigenvalue weighted by Crippen LogP contribution is -2.47. The van der Waals surface area contributed by atoms with Crippen LogP contribution in [0.5, 0.6) is 0 Å². The highest BCUT2D eigenvalue weighted by Gasteiger charge is 2.27. The summed E-state index contributed by atoms with van der Waals surface area (Å²) in [5, 5.41) is 1.30. The monoisotopic (exact) mass is 528 g/mol. The normalized spacial score (nSPS) is 15.3. The predicted octanol–water partition coefficient (Wildman–Crippen LogP) is 6.67. The Morgan fingerprint density at radius 2 is 1.49 bits per heavy atom. The van der Waals surface area contributed by atoms with Gasteiger partial charge in [0.25, 0.3) is 0 Å². The molecule has 0 amide bonds. The second kappa shape index (κ2) is 10.1. The van der Waals surface area contributed by atoms with Crippen molar-refractivity contribution in [2.75, 3.05) is 31.1 Å². The van der Waals surface area contributed by atoms with Crippen molar-refractivity contribution in [3.63, 3.8) is 0 Å². The van der Waals surface area contributed by atoms with Crippen LogP contribution in [0, 0.1) is 0 Å². The molecule has 0 saturated carbocycles. The lowest BCUT2D eigenvalue weighted by molar-refractivity contribution is 0.198. The molecule has 1 atom stereocenters. The zero-order chi connectivity index (χ0) is 25.4. The zero-order valence-electron chi connectivity index (χ0n) is 20.4. The van der Waals surface area contributed by atoms with E-state index in [1.165, 1.54) is 5.56 Å². The highest BCUT2D eigenvalue weighted by Crippen LogP contribution is 2.35. The smallest absolute Gasteiger partial charge is 0.170 e. The fraction of sp³-hybridized carbons (Fsp3) is 0.207. The Kier molecular flexibility index (Phi) is 6.55. The first kappa shape index (κ1) is 23.9. The Hall–Kier alpha value is -3.45. The standard InChI is InChI=1S/C29H26Cl2N6/c1-20(21-7-3-2-4-8-21)35-15-17-36(18-16-35)28-26-29(33-19-32-28)37(23-13-11-22(30)12-14-23)27(34-26)24-9-5-6-10-25(24)31/h2-14,19-20H,15-18H2,1H3. The first-order valence-electron chi connectivity index (χ1n) is 12.4. The van der Waals surface area contributed by atoms with E-state index in [1.807, 2.05) is 53.1 Å². The van der Waals surface area contributed by atoms with E-state index in [4.69, 9.17) is 33.2 Å². The summed E-state index contributed by atoms with van der Waals surface area (Å²) in [6.07, 6.45) is 1.63. The van der Waals surface area contributed by atoms with Crippen LogP contribution in [-0.2, 0) is 0 Å². The third-order valence-electron chi connectivity index (χ3n) is 7.07. The summed E-state index contributed by atoms with van der Waals surface area (Å²) in [6.45, 7) is 5.88. The molecule has 8 heteroatoms. The van der Waals surface area contributed by atoms with Crippen LogP contribution in [0.3, 0.4) is 0 Å². The van der Waals surface area contributed by atoms with E-state index in [2.05, 4.69) is 52.0 Å². The molecule has 1 fully saturated rings. The van der Waals surface area contributed by atoms with Crippen LogP contribution in [-0.4, -0.2) is 50.6 Å². The summed E-state index contributed by atoms with van der Waals surface area (Å²) in [7, 11) is 0. The Morgan fingerprint density at radius 3 is 2.22 bits per heavy atom. The number of aromatic nitrogens is 4. The van der Waals surface area contributed by atoms with Gasteiger partial charge in [0.1, 0.15) is 12.2 Å². The van der Waals surface area contributed by atoms with E-state index >= 15 is 0 Å². The number of benzene rings is 3. The minimum absolute atomic E-state index is 0.365. The largest absolute Gasteiger partial charge is 0.352 e. The molecule has 0 bridgehead atoms. The second-order valence-corrected chi connectivity index (χ2v) is 10.0. The van der Waals surface area contributed by atoms with Crippen LogP contribution < -0.4 is 4.90 Å². The van der Waals surface area contributed by atoms with Gasteiger partial charge in [0.15, 0.2) is 17.0 Å². The molecule has 1 aliphatic heterocycles. The summed E-state index contributed by atoms with van der Waals surface area (Å²) < 4.78 is 2.03. The third-order valence-corrected chi connectivity index (χ3v) is 7.65. The molecule has 3 heterocycles. The maximum atomic E-state index is 6.63. The van der Waals surface area contributed by atoms with Gasteiger partial charge in [0.2, 0.25) is 0 Å². The molecular formula is C29H26Cl2N6. The number of hydrogen-bond acceptors (Lipinski definition) is 5. The number of anilines is 1. The summed E-state index contributed by atoms with van der Waals surface area (Å²) in [5.41, 5.74) is 4.59. The maximum Gasteiger partial charge on any atom is 0.170 e. The molecule has 5 aromatic rings. The van der Waals surface area contributed by atoms with Crippen LogP contribution in [0.1, 0.15) is 18.5 Å². The van der Waals surface area contributed by atoms with Crippen LogP contribution in [0.15, 0.2) is 85.2 Å². The van der Waals surface area contributed by atoms with Gasteiger partial charge in [-0.2, -0.15) is 0 Å². The molecule has 3 aromatic carbocycles. The lowest BCUT2D eigenvalue weighted by Gasteiger charge is -2.38. The van der Waals surface area contributed by atoms with Crippen molar-refractivity contribution in [2.45, 2.75) is 13.0 Å². The molecule has 0 aliphatic carbocycles. The zero-order valence-corrected chi connectivity index (χ0v) is 21.9. The number of rotatable bonds is 5. The van der Waals surface area contributed by atoms with E-state index in [0.29, 0.717) is 16.1 Å². The fourth-order valence-electron chi connectivity index (χ4n) is 5.03. The Balaban J connectivity index is 1.38. The van der Waals surface area contributed by atoms with Crippen LogP contribution in [0.4, 0.5) is 5.82 Å². The van der Waals surface area contributed by atoms with Gasteiger partial charge >= 0.3 is 0 Å². The number of halogens is 2. The van der Waals surface area contributed by atoms with Crippen LogP contribution >= 0.6 is 23.2 Å². The SMILES string of the molecule is CC(c1ccccc1)N1CCN(c2ncnc3c2nc(-c2ccccc2Cl)n3-c2ccc(Cl)cc2)CC1. The summed E-state index contributed by atoms with van der Waals surface area (Å²) in [6, 6.07) is 26.5. The average molecular weight is 529 g/mol. The van der Waals surface area contributed by atoms with Crippen molar-refractivity contribution >= 4 is 40.2 Å². The Morgan fingerprint density at radius 1 is 0.784 bits per heavy atom. The molecule has 0 spiro atoms. The maximum absolute atomic E-state index is 6.63. The highest BCUT2D eigenvalue weighted by atomic mass is 35.5. The van der Waals surface area contributed by atoms with Crippen molar-refractivity contribution in [3.05, 3.63) is 101 Å². The summed E-state index contributed by atoms with van der Waals surface area (Å²) in [4.78, 5) is 19.3. The predicted molar refractivity (Wildman–Crippen MR) is 151 cm³/mol. The van der Waals surface area contributed by atoms with Gasteiger partial charge in [-0.15, -0.1) is 0 Å². The average Bonchev–Trinajstić information content (AvgIpc) is 3.33. The molecular weight excluding hydrogens is 503 g/mol. The van der Waals surface area contributed by atoms with Gasteiger partial charge in [-0.1, -0.05) is 65.7 Å². The van der Waals surface area contributed by atoms with Gasteiger partial charge < -0.3 is 4.90 Å². The highest BCUT2D eigenvalue weighted by molar-refractivity contribution is 6.33. The Bertz CT molecular complexity index is 1530. The first-order valence-corrected chi connectivity index (χ1v) is 13.1. The minimum atomic E-state index is 0.365. The van der Waals surface area contributed by atoms with Crippen LogP contribution in [0.2, 0.25) is 10.0 Å². The number of fused-ring (bicyclic) bond motifs is 1. The van der Waals surface area contributed by atoms with E-state index in [-0.39, 0.29) is 0 Å². The molecule has 1 saturated heterocycles. The minimum Gasteiger partial charge on any atom is -0.352 e. The first-order chi connectivity index (χ1) is 18.1. The van der Waals surface area contributed by atoms with Gasteiger partial charge in [0, 0.05) is 48.5 Å². The van der Waals surface area contributed by atoms with E-state index < -0.39 is 0 Å². The van der Waals surface area contributed by atoms with Gasteiger partial charge in [-0.05, 0) is 48.9 Å². The molecule has 6 rings (SSSR count). The lowest BCUT2D eigenvalue weighted by atomic mass is 10.1. The van der Waals surface area contributed by atoms with Crippen molar-refractivity contribution in [3.8, 4) is 17.1 Å². The van der Waals surface area contributed by atoms with E-state index in [9.17, 15) is 0 Å². The fourth-order valence-corrected chi connectivity index (χ4v) is 5.38. The van der Waals surface area contributed by atoms with Crippen molar-refractivity contribution in [1.29, 1.82) is 0 Å². The molecule has 0 N–H and O–H groups in total. The van der Waals surface area contributed by atoms with Crippen molar-refractivity contribution in [2.24, 2.45) is 0 Å². The molecule has 0 radical (unpaired) electrons. The molecule has 186 valence electrons. The van der Waals surface area contributed by atoms with Gasteiger partial charge in [0.05, 0.1) is 5.02 Å². The third kappa shape index (κ3) is 4.57. The van der Waals surface area contributed by atoms with Crippen molar-refractivity contribution < 1.29 is 0 Å². The number of piperazine rings is 1. The second-order valence-electron chi connectivity index (χ2n) is 9.21. The molecule has 37 heavy (non-hydrogen) atoms. The van der Waals surface area contributed by atoms with E-state index in [1.54, 1.807) is 6.33 Å². The summed E-state index contributed by atoms with van der Waals surface area (Å²) >= 11 is 12.8. The van der Waals surface area contributed by atoms with Gasteiger partial charge in [-0.3, -0.25) is 9.47 Å². The quantitative estimate of drug-likeness (QED) is 0.255. The number of imidazole rings is 1. The number of hydrogen-bond donors (Lipinski definition) is 0. The summed E-state index contributed by atoms with van der Waals surface area (Å²) in [5.74, 6) is 1.57. The van der Waals surface area contributed by atoms with Crippen molar-refractivity contribution in [1.82, 2.24) is 24.4 Å². The topological polar surface area (TPSA) is 50.1 Å². The Labute approximate surface area is 226 Å². The van der Waals surface area contributed by atoms with Crippen LogP contribution in [0.25, 0.3) is 28.2 Å². The van der Waals surface area contributed by atoms with E-state index in [0.717, 1.165) is 60.2 Å². The molecule has 6 nitrogen and oxygen atoms in total. The van der Waals surface area contributed by atoms with Gasteiger partial charge in [-0.25, -0.2) is 15.0 Å². The molecule has 1 aliphatic rings. The molecule has 1 unspecified atom stereocenters. The number of nitrogens with zero attached hydrogens (tertiary/aromatic N) is 6.